The van der Waals surface area contributed by atoms with Gasteiger partial charge in [-0.2, -0.15) is 0 Å². The van der Waals surface area contributed by atoms with Gasteiger partial charge in [-0.15, -0.1) is 0 Å². The molecule has 0 N–H and O–H groups in total. The molecule has 0 rings (SSSR count). The van der Waals surface area contributed by atoms with Gasteiger partial charge in [0.2, 0.25) is 0 Å². The van der Waals surface area contributed by atoms with Gasteiger partial charge in [0.25, 0.3) is 0 Å². The molecule has 0 amide bonds. The van der Waals surface area contributed by atoms with Crippen LogP contribution in [0.15, 0.2) is 12.7 Å². The van der Waals surface area contributed by atoms with Crippen molar-refractivity contribution in [3.8, 4) is 0 Å². The second-order valence-corrected chi connectivity index (χ2v) is 9.36. The van der Waals surface area contributed by atoms with Gasteiger partial charge in [-0.1, -0.05) is 0 Å². The van der Waals surface area contributed by atoms with E-state index in [9.17, 15) is 0 Å². The van der Waals surface area contributed by atoms with Crippen molar-refractivity contribution < 1.29 is 23.3 Å². The number of hydrogen-bond acceptors (Lipinski definition) is 0. The molecule has 8 heavy (non-hydrogen) atoms. The van der Waals surface area contributed by atoms with Gasteiger partial charge in [0.1, 0.15) is 0 Å². The van der Waals surface area contributed by atoms with Crippen molar-refractivity contribution in [1.29, 1.82) is 0 Å². The molecule has 0 aromatic rings. The molecule has 2 heteroatoms. The number of rotatable bonds is 5. The third kappa shape index (κ3) is 6.97. The van der Waals surface area contributed by atoms with Crippen LogP contribution < -0.4 is 0 Å². The average Bonchev–Trinajstić information content (AvgIpc) is 1.81. The van der Waals surface area contributed by atoms with Crippen LogP contribution in [0.1, 0.15) is 19.3 Å². The van der Waals surface area contributed by atoms with E-state index in [1.54, 1.807) is 0 Å². The summed E-state index contributed by atoms with van der Waals surface area (Å²) in [6, 6.07) is 0. The van der Waals surface area contributed by atoms with E-state index in [0.717, 1.165) is 0 Å². The van der Waals surface area contributed by atoms with Crippen LogP contribution in [-0.4, -0.2) is 0 Å². The first-order valence-electron chi connectivity index (χ1n) is 3.08. The second kappa shape index (κ2) is 7.97. The van der Waals surface area contributed by atoms with Crippen molar-refractivity contribution in [3.63, 3.8) is 0 Å². The molecular formula is C6H11ClHg. The molecule has 0 nitrogen and oxygen atoms in total. The normalized spacial score (nSPS) is 8.12. The van der Waals surface area contributed by atoms with E-state index in [-0.39, 0.29) is 0 Å². The molecule has 0 aromatic carbocycles. The summed E-state index contributed by atoms with van der Waals surface area (Å²) < 4.78 is 1.37. The zero-order valence-electron chi connectivity index (χ0n) is 5.20. The molecule has 0 aliphatic carbocycles. The summed E-state index contributed by atoms with van der Waals surface area (Å²) in [6.07, 6.45) is 5.79. The fourth-order valence-corrected chi connectivity index (χ4v) is 4.33. The van der Waals surface area contributed by atoms with Gasteiger partial charge in [-0.25, -0.2) is 0 Å². The quantitative estimate of drug-likeness (QED) is 0.415. The minimum absolute atomic E-state index is 0.763. The summed E-state index contributed by atoms with van der Waals surface area (Å²) in [5, 5.41) is 0. The van der Waals surface area contributed by atoms with Gasteiger partial charge in [0, 0.05) is 0 Å². The Morgan fingerprint density at radius 2 is 2.25 bits per heavy atom. The van der Waals surface area contributed by atoms with E-state index in [2.05, 4.69) is 6.58 Å². The topological polar surface area (TPSA) is 0 Å². The molecule has 0 unspecified atom stereocenters. The average molecular weight is 319 g/mol. The third-order valence-electron chi connectivity index (χ3n) is 1.04. The van der Waals surface area contributed by atoms with Crippen molar-refractivity contribution >= 4 is 8.25 Å². The van der Waals surface area contributed by atoms with Gasteiger partial charge < -0.3 is 0 Å². The van der Waals surface area contributed by atoms with Crippen LogP contribution >= 0.6 is 8.25 Å². The van der Waals surface area contributed by atoms with Crippen LogP contribution in [0, 0.1) is 0 Å². The van der Waals surface area contributed by atoms with E-state index in [0.29, 0.717) is 0 Å². The number of halogens is 1. The van der Waals surface area contributed by atoms with Crippen molar-refractivity contribution in [2.75, 3.05) is 0 Å². The minimum atomic E-state index is -0.763. The maximum absolute atomic E-state index is 5.68. The van der Waals surface area contributed by atoms with Gasteiger partial charge >= 0.3 is 67.4 Å². The SMILES string of the molecule is C=CCCC[CH2][Hg][Cl]. The van der Waals surface area contributed by atoms with Crippen LogP contribution in [0.4, 0.5) is 0 Å². The van der Waals surface area contributed by atoms with Crippen LogP contribution in [0.5, 0.6) is 0 Å². The van der Waals surface area contributed by atoms with E-state index >= 15 is 0 Å². The van der Waals surface area contributed by atoms with Crippen molar-refractivity contribution in [2.24, 2.45) is 0 Å². The molecule has 0 aliphatic rings. The fourth-order valence-electron chi connectivity index (χ4n) is 0.560. The molecule has 0 bridgehead atoms. The number of allylic oxidation sites excluding steroid dienone is 1. The summed E-state index contributed by atoms with van der Waals surface area (Å²) >= 11 is -0.763. The van der Waals surface area contributed by atoms with Crippen molar-refractivity contribution in [3.05, 3.63) is 12.7 Å². The Bertz CT molecular complexity index is 54.5. The molecule has 0 radical (unpaired) electrons. The first kappa shape index (κ1) is 8.97. The Hall–Kier alpha value is 0.965. The van der Waals surface area contributed by atoms with Crippen LogP contribution in [0.2, 0.25) is 3.93 Å². The van der Waals surface area contributed by atoms with Gasteiger partial charge in [-0.05, 0) is 0 Å². The molecule has 0 spiro atoms. The van der Waals surface area contributed by atoms with Crippen molar-refractivity contribution in [1.82, 2.24) is 0 Å². The zero-order chi connectivity index (χ0) is 6.24. The van der Waals surface area contributed by atoms with Gasteiger partial charge in [-0.3, -0.25) is 0 Å². The Labute approximate surface area is 67.2 Å². The first-order chi connectivity index (χ1) is 3.91. The molecule has 0 aromatic heterocycles. The Balaban J connectivity index is 2.62. The molecular weight excluding hydrogens is 308 g/mol. The van der Waals surface area contributed by atoms with E-state index in [4.69, 9.17) is 8.25 Å². The van der Waals surface area contributed by atoms with Crippen LogP contribution in [-0.2, 0) is 23.3 Å². The molecule has 0 saturated heterocycles. The Morgan fingerprint density at radius 3 is 2.75 bits per heavy atom. The van der Waals surface area contributed by atoms with Gasteiger partial charge in [0.05, 0.1) is 0 Å². The summed E-state index contributed by atoms with van der Waals surface area (Å²) in [6.45, 7) is 3.64. The van der Waals surface area contributed by atoms with E-state index < -0.39 is 23.3 Å². The van der Waals surface area contributed by atoms with Crippen LogP contribution in [0.3, 0.4) is 0 Å². The predicted molar refractivity (Wildman–Crippen MR) is 34.7 cm³/mol. The maximum atomic E-state index is 5.68. The predicted octanol–water partition coefficient (Wildman–Crippen LogP) is 3.00. The number of hydrogen-bond donors (Lipinski definition) is 0. The summed E-state index contributed by atoms with van der Waals surface area (Å²) in [5.41, 5.74) is 0. The molecule has 0 heterocycles. The molecule has 44 valence electrons. The van der Waals surface area contributed by atoms with Gasteiger partial charge in [0.15, 0.2) is 0 Å². The Morgan fingerprint density at radius 1 is 1.50 bits per heavy atom. The molecule has 0 atom stereocenters. The van der Waals surface area contributed by atoms with Crippen molar-refractivity contribution in [2.45, 2.75) is 23.2 Å². The van der Waals surface area contributed by atoms with Crippen LogP contribution in [0.25, 0.3) is 0 Å². The molecule has 0 aliphatic heterocycles. The standard InChI is InChI=1S/C6H11.ClH.Hg/c1-3-5-6-4-2;;/h3H,1-2,4-6H2;1H;/q;;+1/p-1. The fraction of sp³-hybridized carbons (Fsp3) is 0.667. The molecule has 0 saturated carbocycles. The summed E-state index contributed by atoms with van der Waals surface area (Å²) in [4.78, 5) is 0. The zero-order valence-corrected chi connectivity index (χ0v) is 11.5. The third-order valence-corrected chi connectivity index (χ3v) is 6.37. The van der Waals surface area contributed by atoms with E-state index in [1.165, 1.54) is 23.2 Å². The Kier molecular flexibility index (Phi) is 8.93. The molecule has 0 fully saturated rings. The summed E-state index contributed by atoms with van der Waals surface area (Å²) in [5.74, 6) is 0. The van der Waals surface area contributed by atoms with E-state index in [1.807, 2.05) is 6.08 Å². The second-order valence-electron chi connectivity index (χ2n) is 1.83. The number of unbranched alkanes of at least 4 members (excludes halogenated alkanes) is 2. The summed E-state index contributed by atoms with van der Waals surface area (Å²) in [7, 11) is 5.68. The monoisotopic (exact) mass is 320 g/mol. The first-order valence-corrected chi connectivity index (χ1v) is 13.7.